The maximum absolute atomic E-state index is 13.7. The summed E-state index contributed by atoms with van der Waals surface area (Å²) in [6, 6.07) is 19.0. The van der Waals surface area contributed by atoms with Gasteiger partial charge in [0.15, 0.2) is 0 Å². The van der Waals surface area contributed by atoms with Crippen LogP contribution in [0.1, 0.15) is 45.9 Å². The quantitative estimate of drug-likeness (QED) is 0.351. The van der Waals surface area contributed by atoms with Crippen molar-refractivity contribution in [3.63, 3.8) is 0 Å². The molecule has 1 aromatic heterocycles. The Labute approximate surface area is 212 Å². The van der Waals surface area contributed by atoms with Gasteiger partial charge in [0.05, 0.1) is 20.8 Å². The summed E-state index contributed by atoms with van der Waals surface area (Å²) in [6.45, 7) is 7.01. The fourth-order valence-electron chi connectivity index (χ4n) is 3.78. The fraction of sp³-hybridized carbons (Fsp3) is 0.357. The highest BCUT2D eigenvalue weighted by molar-refractivity contribution is 7.11. The summed E-state index contributed by atoms with van der Waals surface area (Å²) in [7, 11) is 3.10. The molecule has 0 aliphatic heterocycles. The van der Waals surface area contributed by atoms with Crippen molar-refractivity contribution in [1.82, 2.24) is 9.80 Å². The largest absolute Gasteiger partial charge is 0.497 e. The van der Waals surface area contributed by atoms with Crippen molar-refractivity contribution in [3.8, 4) is 11.5 Å². The lowest BCUT2D eigenvalue weighted by Crippen LogP contribution is -2.46. The normalized spacial score (nSPS) is 11.6. The van der Waals surface area contributed by atoms with E-state index in [1.165, 1.54) is 4.88 Å². The summed E-state index contributed by atoms with van der Waals surface area (Å²) < 4.78 is 10.7. The van der Waals surface area contributed by atoms with Gasteiger partial charge in [-0.05, 0) is 50.1 Å². The topological polar surface area (TPSA) is 59.1 Å². The Morgan fingerprint density at radius 1 is 0.943 bits per heavy atom. The third-order valence-electron chi connectivity index (χ3n) is 6.00. The lowest BCUT2D eigenvalue weighted by atomic mass is 10.1. The Morgan fingerprint density at radius 2 is 1.60 bits per heavy atom. The fourth-order valence-corrected chi connectivity index (χ4v) is 4.69. The standard InChI is InChI=1S/C28H34N2O4S/c1-6-20(2)30(28(32)23-14-24(33-4)16-25(15-23)34-5)19-27(31)29(17-22-10-8-7-9-11-22)18-26-13-12-21(3)35-26/h7-16,20H,6,17-19H2,1-5H3. The first kappa shape index (κ1) is 26.3. The number of ether oxygens (including phenoxy) is 2. The minimum absolute atomic E-state index is 0.00937. The molecule has 0 radical (unpaired) electrons. The van der Waals surface area contributed by atoms with E-state index in [1.807, 2.05) is 49.1 Å². The second kappa shape index (κ2) is 12.4. The highest BCUT2D eigenvalue weighted by Crippen LogP contribution is 2.25. The number of carbonyl (C=O) groups is 2. The molecule has 0 saturated carbocycles. The monoisotopic (exact) mass is 494 g/mol. The van der Waals surface area contributed by atoms with Crippen molar-refractivity contribution in [2.24, 2.45) is 0 Å². The predicted molar refractivity (Wildman–Crippen MR) is 140 cm³/mol. The van der Waals surface area contributed by atoms with Gasteiger partial charge in [-0.15, -0.1) is 11.3 Å². The van der Waals surface area contributed by atoms with Crippen LogP contribution in [0.25, 0.3) is 0 Å². The number of aryl methyl sites for hydroxylation is 1. The molecule has 0 bridgehead atoms. The molecule has 7 heteroatoms. The zero-order valence-electron chi connectivity index (χ0n) is 21.1. The Balaban J connectivity index is 1.88. The van der Waals surface area contributed by atoms with Crippen molar-refractivity contribution < 1.29 is 19.1 Å². The summed E-state index contributed by atoms with van der Waals surface area (Å²) in [6.07, 6.45) is 0.725. The maximum Gasteiger partial charge on any atom is 0.254 e. The second-order valence-electron chi connectivity index (χ2n) is 8.54. The maximum atomic E-state index is 13.7. The lowest BCUT2D eigenvalue weighted by Gasteiger charge is -2.31. The van der Waals surface area contributed by atoms with Gasteiger partial charge in [0.2, 0.25) is 5.91 Å². The average Bonchev–Trinajstić information content (AvgIpc) is 3.30. The zero-order valence-corrected chi connectivity index (χ0v) is 21.9. The van der Waals surface area contributed by atoms with Gasteiger partial charge in [-0.25, -0.2) is 0 Å². The van der Waals surface area contributed by atoms with Gasteiger partial charge >= 0.3 is 0 Å². The van der Waals surface area contributed by atoms with Gasteiger partial charge in [0.1, 0.15) is 18.0 Å². The van der Waals surface area contributed by atoms with Gasteiger partial charge in [-0.3, -0.25) is 9.59 Å². The molecule has 186 valence electrons. The summed E-state index contributed by atoms with van der Waals surface area (Å²) in [5, 5.41) is 0. The molecule has 3 aromatic rings. The number of hydrogen-bond acceptors (Lipinski definition) is 5. The first-order valence-corrected chi connectivity index (χ1v) is 12.6. The third kappa shape index (κ3) is 7.09. The number of nitrogens with zero attached hydrogens (tertiary/aromatic N) is 2. The van der Waals surface area contributed by atoms with Crippen LogP contribution in [0.2, 0.25) is 0 Å². The van der Waals surface area contributed by atoms with Crippen molar-refractivity contribution in [1.29, 1.82) is 0 Å². The lowest BCUT2D eigenvalue weighted by molar-refractivity contribution is -0.133. The zero-order chi connectivity index (χ0) is 25.4. The van der Waals surface area contributed by atoms with Crippen molar-refractivity contribution in [3.05, 3.63) is 81.5 Å². The summed E-state index contributed by atoms with van der Waals surface area (Å²) in [5.41, 5.74) is 1.48. The van der Waals surface area contributed by atoms with E-state index >= 15 is 0 Å². The molecule has 0 aliphatic carbocycles. The molecule has 1 heterocycles. The van der Waals surface area contributed by atoms with E-state index in [-0.39, 0.29) is 24.4 Å². The summed E-state index contributed by atoms with van der Waals surface area (Å²) in [4.78, 5) is 33.1. The molecule has 2 amide bonds. The van der Waals surface area contributed by atoms with Crippen LogP contribution in [-0.4, -0.2) is 48.4 Å². The highest BCUT2D eigenvalue weighted by atomic mass is 32.1. The summed E-state index contributed by atoms with van der Waals surface area (Å²) in [5.74, 6) is 0.740. The molecule has 0 saturated heterocycles. The van der Waals surface area contributed by atoms with Crippen LogP contribution >= 0.6 is 11.3 Å². The van der Waals surface area contributed by atoms with Crippen molar-refractivity contribution in [2.45, 2.75) is 46.3 Å². The molecule has 3 rings (SSSR count). The van der Waals surface area contributed by atoms with Crippen LogP contribution in [0, 0.1) is 6.92 Å². The Bertz CT molecular complexity index is 1110. The van der Waals surface area contributed by atoms with Crippen LogP contribution in [0.4, 0.5) is 0 Å². The van der Waals surface area contributed by atoms with Gasteiger partial charge < -0.3 is 19.3 Å². The van der Waals surface area contributed by atoms with Gasteiger partial charge in [-0.1, -0.05) is 37.3 Å². The molecular weight excluding hydrogens is 460 g/mol. The van der Waals surface area contributed by atoms with Gasteiger partial charge in [0.25, 0.3) is 5.91 Å². The first-order valence-electron chi connectivity index (χ1n) is 11.8. The first-order chi connectivity index (χ1) is 16.8. The van der Waals surface area contributed by atoms with Crippen LogP contribution < -0.4 is 9.47 Å². The Kier molecular flexibility index (Phi) is 9.32. The van der Waals surface area contributed by atoms with Crippen molar-refractivity contribution in [2.75, 3.05) is 20.8 Å². The predicted octanol–water partition coefficient (Wildman–Crippen LogP) is 5.54. The third-order valence-corrected chi connectivity index (χ3v) is 6.98. The van der Waals surface area contributed by atoms with Gasteiger partial charge in [0, 0.05) is 34.0 Å². The molecule has 35 heavy (non-hydrogen) atoms. The summed E-state index contributed by atoms with van der Waals surface area (Å²) >= 11 is 1.68. The second-order valence-corrected chi connectivity index (χ2v) is 9.91. The van der Waals surface area contributed by atoms with E-state index in [4.69, 9.17) is 9.47 Å². The number of amides is 2. The molecule has 1 unspecified atom stereocenters. The number of carbonyl (C=O) groups excluding carboxylic acids is 2. The molecule has 0 aliphatic rings. The molecule has 2 aromatic carbocycles. The highest BCUT2D eigenvalue weighted by Gasteiger charge is 2.27. The molecule has 0 N–H and O–H groups in total. The van der Waals surface area contributed by atoms with Crippen LogP contribution in [0.3, 0.4) is 0 Å². The van der Waals surface area contributed by atoms with E-state index in [0.717, 1.165) is 16.9 Å². The van der Waals surface area contributed by atoms with Crippen LogP contribution in [0.5, 0.6) is 11.5 Å². The molecule has 0 spiro atoms. The number of methoxy groups -OCH3 is 2. The average molecular weight is 495 g/mol. The number of benzene rings is 2. The van der Waals surface area contributed by atoms with Crippen molar-refractivity contribution >= 4 is 23.2 Å². The number of thiophene rings is 1. The smallest absolute Gasteiger partial charge is 0.254 e. The van der Waals surface area contributed by atoms with Crippen LogP contribution in [0.15, 0.2) is 60.7 Å². The van der Waals surface area contributed by atoms with E-state index in [0.29, 0.717) is 30.2 Å². The van der Waals surface area contributed by atoms with E-state index in [9.17, 15) is 9.59 Å². The van der Waals surface area contributed by atoms with E-state index in [1.54, 1.807) is 48.7 Å². The number of rotatable bonds is 11. The molecule has 1 atom stereocenters. The van der Waals surface area contributed by atoms with E-state index in [2.05, 4.69) is 19.1 Å². The van der Waals surface area contributed by atoms with Gasteiger partial charge in [-0.2, -0.15) is 0 Å². The molecular formula is C28H34N2O4S. The van der Waals surface area contributed by atoms with Crippen LogP contribution in [-0.2, 0) is 17.9 Å². The Morgan fingerprint density at radius 3 is 2.14 bits per heavy atom. The molecule has 0 fully saturated rings. The number of hydrogen-bond donors (Lipinski definition) is 0. The molecule has 6 nitrogen and oxygen atoms in total. The Hall–Kier alpha value is -3.32. The SMILES string of the molecule is CCC(C)N(CC(=O)N(Cc1ccccc1)Cc1ccc(C)s1)C(=O)c1cc(OC)cc(OC)c1. The van der Waals surface area contributed by atoms with E-state index < -0.39 is 0 Å². The minimum Gasteiger partial charge on any atom is -0.497 e. The minimum atomic E-state index is -0.225.